The van der Waals surface area contributed by atoms with Gasteiger partial charge in [0.15, 0.2) is 6.61 Å². The molecule has 2 aliphatic rings. The summed E-state index contributed by atoms with van der Waals surface area (Å²) in [4.78, 5) is 28.0. The topological polar surface area (TPSA) is 61.8 Å². The molecule has 0 radical (unpaired) electrons. The van der Waals surface area contributed by atoms with Crippen molar-refractivity contribution in [1.82, 2.24) is 14.9 Å². The van der Waals surface area contributed by atoms with Crippen LogP contribution in [0.3, 0.4) is 0 Å². The average molecular weight is 381 g/mol. The summed E-state index contributed by atoms with van der Waals surface area (Å²) in [5, 5.41) is 0. The molecule has 0 N–H and O–H groups in total. The molecule has 148 valence electrons. The fourth-order valence-electron chi connectivity index (χ4n) is 3.72. The molecular formula is C21H27N5O2. The lowest BCUT2D eigenvalue weighted by Gasteiger charge is -2.35. The zero-order chi connectivity index (χ0) is 19.3. The van der Waals surface area contributed by atoms with Gasteiger partial charge in [-0.3, -0.25) is 4.79 Å². The molecule has 2 aliphatic heterocycles. The molecule has 7 nitrogen and oxygen atoms in total. The predicted octanol–water partition coefficient (Wildman–Crippen LogP) is 2.11. The van der Waals surface area contributed by atoms with Crippen LogP contribution in [0.1, 0.15) is 18.4 Å². The van der Waals surface area contributed by atoms with Crippen LogP contribution in [0.4, 0.5) is 11.8 Å². The molecule has 0 unspecified atom stereocenters. The number of aromatic nitrogens is 2. The lowest BCUT2D eigenvalue weighted by atomic mass is 10.2. The van der Waals surface area contributed by atoms with E-state index in [1.54, 1.807) is 0 Å². The summed E-state index contributed by atoms with van der Waals surface area (Å²) < 4.78 is 5.71. The highest BCUT2D eigenvalue weighted by atomic mass is 16.5. The normalized spacial score (nSPS) is 17.1. The Hall–Kier alpha value is -2.83. The van der Waals surface area contributed by atoms with Crippen LogP contribution in [0.5, 0.6) is 5.75 Å². The van der Waals surface area contributed by atoms with E-state index < -0.39 is 0 Å². The van der Waals surface area contributed by atoms with Crippen molar-refractivity contribution in [2.24, 2.45) is 0 Å². The maximum atomic E-state index is 12.5. The zero-order valence-corrected chi connectivity index (χ0v) is 16.4. The summed E-state index contributed by atoms with van der Waals surface area (Å²) in [6, 6.07) is 9.72. The summed E-state index contributed by atoms with van der Waals surface area (Å²) in [7, 11) is 0. The van der Waals surface area contributed by atoms with Gasteiger partial charge < -0.3 is 19.4 Å². The molecule has 1 amide bonds. The number of benzene rings is 1. The largest absolute Gasteiger partial charge is 0.484 e. The second-order valence-electron chi connectivity index (χ2n) is 7.33. The summed E-state index contributed by atoms with van der Waals surface area (Å²) in [5.74, 6) is 2.56. The van der Waals surface area contributed by atoms with Gasteiger partial charge in [-0.2, -0.15) is 4.98 Å². The van der Waals surface area contributed by atoms with E-state index >= 15 is 0 Å². The first-order chi connectivity index (χ1) is 13.7. The summed E-state index contributed by atoms with van der Waals surface area (Å²) >= 11 is 0. The average Bonchev–Trinajstić information content (AvgIpc) is 3.28. The summed E-state index contributed by atoms with van der Waals surface area (Å²) in [5.41, 5.74) is 1.04. The van der Waals surface area contributed by atoms with Crippen molar-refractivity contribution in [3.63, 3.8) is 0 Å². The minimum absolute atomic E-state index is 0.0309. The van der Waals surface area contributed by atoms with Crippen LogP contribution >= 0.6 is 0 Å². The van der Waals surface area contributed by atoms with E-state index in [0.29, 0.717) is 13.1 Å². The van der Waals surface area contributed by atoms with Crippen molar-refractivity contribution in [3.8, 4) is 5.75 Å². The van der Waals surface area contributed by atoms with Gasteiger partial charge >= 0.3 is 0 Å². The van der Waals surface area contributed by atoms with Gasteiger partial charge in [-0.15, -0.1) is 0 Å². The Balaban J connectivity index is 1.30. The monoisotopic (exact) mass is 381 g/mol. The highest BCUT2D eigenvalue weighted by Gasteiger charge is 2.23. The van der Waals surface area contributed by atoms with Crippen LogP contribution in [0.25, 0.3) is 0 Å². The number of carbonyl (C=O) groups excluding carboxylic acids is 1. The SMILES string of the molecule is Cc1ccccc1OCC(=O)N1CCN(c2ccnc(N3CCCC3)n2)CC1. The predicted molar refractivity (Wildman–Crippen MR) is 109 cm³/mol. The standard InChI is InChI=1S/C21H27N5O2/c1-17-6-2-3-7-18(17)28-16-20(27)25-14-12-24(13-15-25)19-8-9-22-21(23-19)26-10-4-5-11-26/h2-3,6-9H,4-5,10-16H2,1H3. The van der Waals surface area contributed by atoms with Crippen LogP contribution in [0.15, 0.2) is 36.5 Å². The second kappa shape index (κ2) is 8.46. The van der Waals surface area contributed by atoms with Gasteiger partial charge in [0, 0.05) is 45.5 Å². The Labute approximate surface area is 165 Å². The molecule has 28 heavy (non-hydrogen) atoms. The molecule has 4 rings (SSSR count). The molecule has 1 aromatic heterocycles. The van der Waals surface area contributed by atoms with Gasteiger partial charge in [-0.25, -0.2) is 4.98 Å². The number of carbonyl (C=O) groups is 1. The van der Waals surface area contributed by atoms with Crippen molar-refractivity contribution >= 4 is 17.7 Å². The van der Waals surface area contributed by atoms with Crippen LogP contribution in [-0.2, 0) is 4.79 Å². The summed E-state index contributed by atoms with van der Waals surface area (Å²) in [6.07, 6.45) is 4.25. The van der Waals surface area contributed by atoms with Gasteiger partial charge in [0.25, 0.3) is 5.91 Å². The van der Waals surface area contributed by atoms with Crippen molar-refractivity contribution in [1.29, 1.82) is 0 Å². The fraction of sp³-hybridized carbons (Fsp3) is 0.476. The minimum Gasteiger partial charge on any atom is -0.484 e. The molecule has 0 bridgehead atoms. The number of rotatable bonds is 5. The highest BCUT2D eigenvalue weighted by molar-refractivity contribution is 5.78. The fourth-order valence-corrected chi connectivity index (χ4v) is 3.72. The van der Waals surface area contributed by atoms with Crippen molar-refractivity contribution in [2.45, 2.75) is 19.8 Å². The van der Waals surface area contributed by atoms with Crippen molar-refractivity contribution < 1.29 is 9.53 Å². The number of hydrogen-bond donors (Lipinski definition) is 0. The van der Waals surface area contributed by atoms with Gasteiger partial charge in [-0.1, -0.05) is 18.2 Å². The smallest absolute Gasteiger partial charge is 0.260 e. The molecule has 7 heteroatoms. The second-order valence-corrected chi connectivity index (χ2v) is 7.33. The number of anilines is 2. The van der Waals surface area contributed by atoms with Crippen LogP contribution in [0.2, 0.25) is 0 Å². The first kappa shape index (κ1) is 18.5. The molecule has 2 saturated heterocycles. The Kier molecular flexibility index (Phi) is 5.60. The summed E-state index contributed by atoms with van der Waals surface area (Å²) in [6.45, 7) is 7.03. The van der Waals surface area contributed by atoms with E-state index in [4.69, 9.17) is 9.72 Å². The van der Waals surface area contributed by atoms with E-state index in [9.17, 15) is 4.79 Å². The lowest BCUT2D eigenvalue weighted by molar-refractivity contribution is -0.133. The third-order valence-corrected chi connectivity index (χ3v) is 5.42. The third-order valence-electron chi connectivity index (χ3n) is 5.42. The number of aryl methyl sites for hydroxylation is 1. The van der Waals surface area contributed by atoms with Crippen LogP contribution in [-0.4, -0.2) is 66.7 Å². The molecular weight excluding hydrogens is 354 g/mol. The Morgan fingerprint density at radius 3 is 2.50 bits per heavy atom. The van der Waals surface area contributed by atoms with Gasteiger partial charge in [0.05, 0.1) is 0 Å². The van der Waals surface area contributed by atoms with E-state index in [0.717, 1.165) is 49.3 Å². The van der Waals surface area contributed by atoms with E-state index in [2.05, 4.69) is 14.8 Å². The maximum absolute atomic E-state index is 12.5. The van der Waals surface area contributed by atoms with Crippen LogP contribution < -0.4 is 14.5 Å². The first-order valence-electron chi connectivity index (χ1n) is 10.00. The Bertz CT molecular complexity index is 814. The molecule has 0 aliphatic carbocycles. The van der Waals surface area contributed by atoms with E-state index in [1.807, 2.05) is 48.4 Å². The maximum Gasteiger partial charge on any atom is 0.260 e. The number of nitrogens with zero attached hydrogens (tertiary/aromatic N) is 5. The number of piperazine rings is 1. The Morgan fingerprint density at radius 1 is 1.00 bits per heavy atom. The minimum atomic E-state index is 0.0309. The number of ether oxygens (including phenoxy) is 1. The molecule has 0 saturated carbocycles. The number of amides is 1. The first-order valence-corrected chi connectivity index (χ1v) is 10.00. The molecule has 2 fully saturated rings. The quantitative estimate of drug-likeness (QED) is 0.791. The zero-order valence-electron chi connectivity index (χ0n) is 16.4. The van der Waals surface area contributed by atoms with Gasteiger partial charge in [0.1, 0.15) is 11.6 Å². The third kappa shape index (κ3) is 4.18. The Morgan fingerprint density at radius 2 is 1.75 bits per heavy atom. The van der Waals surface area contributed by atoms with Gasteiger partial charge in [0.2, 0.25) is 5.95 Å². The van der Waals surface area contributed by atoms with Crippen molar-refractivity contribution in [3.05, 3.63) is 42.1 Å². The molecule has 0 spiro atoms. The van der Waals surface area contributed by atoms with Crippen LogP contribution in [0, 0.1) is 6.92 Å². The lowest BCUT2D eigenvalue weighted by Crippen LogP contribution is -2.50. The van der Waals surface area contributed by atoms with Gasteiger partial charge in [-0.05, 0) is 37.5 Å². The molecule has 1 aromatic carbocycles. The number of hydrogen-bond acceptors (Lipinski definition) is 6. The molecule has 3 heterocycles. The number of para-hydroxylation sites is 1. The molecule has 0 atom stereocenters. The van der Waals surface area contributed by atoms with E-state index in [-0.39, 0.29) is 12.5 Å². The highest BCUT2D eigenvalue weighted by Crippen LogP contribution is 2.20. The van der Waals surface area contributed by atoms with E-state index in [1.165, 1.54) is 12.8 Å². The molecule has 2 aromatic rings. The van der Waals surface area contributed by atoms with Crippen molar-refractivity contribution in [2.75, 3.05) is 55.7 Å².